The minimum atomic E-state index is -0.438. The first-order valence-corrected chi connectivity index (χ1v) is 9.20. The van der Waals surface area contributed by atoms with Gasteiger partial charge in [-0.3, -0.25) is 4.90 Å². The average Bonchev–Trinajstić information content (AvgIpc) is 2.97. The van der Waals surface area contributed by atoms with Crippen LogP contribution in [-0.4, -0.2) is 54.3 Å². The van der Waals surface area contributed by atoms with E-state index in [2.05, 4.69) is 17.0 Å². The van der Waals surface area contributed by atoms with E-state index in [9.17, 15) is 4.79 Å². The van der Waals surface area contributed by atoms with Crippen LogP contribution in [0.25, 0.3) is 0 Å². The second-order valence-electron chi connectivity index (χ2n) is 8.16. The lowest BCUT2D eigenvalue weighted by molar-refractivity contribution is 0.0120. The monoisotopic (exact) mass is 346 g/mol. The number of carbonyl (C=O) groups excluding carboxylic acids is 1. The maximum absolute atomic E-state index is 12.5. The molecule has 2 heterocycles. The summed E-state index contributed by atoms with van der Waals surface area (Å²) < 4.78 is 10.8. The molecule has 0 aromatic heterocycles. The smallest absolute Gasteiger partial charge is 0.410 e. The zero-order valence-corrected chi connectivity index (χ0v) is 15.8. The molecular formula is C20H30N2O3. The predicted molar refractivity (Wildman–Crippen MR) is 97.7 cm³/mol. The van der Waals surface area contributed by atoms with Crippen molar-refractivity contribution in [2.24, 2.45) is 5.92 Å². The van der Waals surface area contributed by atoms with E-state index in [1.54, 1.807) is 7.11 Å². The van der Waals surface area contributed by atoms with Crippen LogP contribution in [0.3, 0.4) is 0 Å². The van der Waals surface area contributed by atoms with Crippen molar-refractivity contribution in [3.63, 3.8) is 0 Å². The van der Waals surface area contributed by atoms with Crippen LogP contribution in [0.4, 0.5) is 4.79 Å². The number of hydrogen-bond donors (Lipinski definition) is 0. The van der Waals surface area contributed by atoms with E-state index in [-0.39, 0.29) is 12.1 Å². The zero-order chi connectivity index (χ0) is 18.0. The van der Waals surface area contributed by atoms with Crippen molar-refractivity contribution in [2.45, 2.75) is 51.8 Å². The van der Waals surface area contributed by atoms with E-state index in [1.165, 1.54) is 5.56 Å². The molecule has 2 saturated heterocycles. The summed E-state index contributed by atoms with van der Waals surface area (Å²) in [5.74, 6) is 1.49. The molecule has 1 amide bonds. The van der Waals surface area contributed by atoms with Gasteiger partial charge in [0.1, 0.15) is 11.4 Å². The number of fused-ring (bicyclic) bond motifs is 1. The zero-order valence-electron chi connectivity index (χ0n) is 15.8. The lowest BCUT2D eigenvalue weighted by Gasteiger charge is -2.38. The fraction of sp³-hybridized carbons (Fsp3) is 0.650. The number of methoxy groups -OCH3 is 1. The molecule has 2 atom stereocenters. The fourth-order valence-corrected chi connectivity index (χ4v) is 3.89. The Morgan fingerprint density at radius 3 is 2.48 bits per heavy atom. The van der Waals surface area contributed by atoms with Crippen LogP contribution in [0.1, 0.15) is 39.2 Å². The van der Waals surface area contributed by atoms with Crippen LogP contribution >= 0.6 is 0 Å². The first-order chi connectivity index (χ1) is 11.9. The Labute approximate surface area is 150 Å². The Balaban J connectivity index is 1.61. The van der Waals surface area contributed by atoms with E-state index >= 15 is 0 Å². The number of benzene rings is 1. The summed E-state index contributed by atoms with van der Waals surface area (Å²) >= 11 is 0. The van der Waals surface area contributed by atoms with Crippen molar-refractivity contribution < 1.29 is 14.3 Å². The normalized spacial score (nSPS) is 24.1. The fourth-order valence-electron chi connectivity index (χ4n) is 3.89. The molecule has 1 aromatic carbocycles. The Hall–Kier alpha value is -1.75. The largest absolute Gasteiger partial charge is 0.497 e. The minimum Gasteiger partial charge on any atom is -0.497 e. The summed E-state index contributed by atoms with van der Waals surface area (Å²) in [5.41, 5.74) is 0.841. The Morgan fingerprint density at radius 1 is 1.16 bits per heavy atom. The summed E-state index contributed by atoms with van der Waals surface area (Å²) in [6, 6.07) is 8.52. The van der Waals surface area contributed by atoms with Crippen molar-refractivity contribution >= 4 is 6.09 Å². The van der Waals surface area contributed by atoms with Crippen molar-refractivity contribution in [3.8, 4) is 5.75 Å². The van der Waals surface area contributed by atoms with Crippen molar-refractivity contribution in [3.05, 3.63) is 29.8 Å². The first kappa shape index (κ1) is 18.1. The molecule has 3 rings (SSSR count). The number of hydrogen-bond acceptors (Lipinski definition) is 4. The molecule has 2 aliphatic rings. The van der Waals surface area contributed by atoms with Crippen molar-refractivity contribution in [1.29, 1.82) is 0 Å². The molecule has 138 valence electrons. The van der Waals surface area contributed by atoms with Gasteiger partial charge < -0.3 is 14.4 Å². The van der Waals surface area contributed by atoms with E-state index < -0.39 is 5.60 Å². The molecule has 0 radical (unpaired) electrons. The molecule has 0 N–H and O–H groups in total. The molecule has 0 aliphatic carbocycles. The van der Waals surface area contributed by atoms with Gasteiger partial charge >= 0.3 is 6.09 Å². The van der Waals surface area contributed by atoms with E-state index in [1.807, 2.05) is 37.8 Å². The highest BCUT2D eigenvalue weighted by molar-refractivity contribution is 5.69. The van der Waals surface area contributed by atoms with Gasteiger partial charge in [-0.25, -0.2) is 4.79 Å². The number of likely N-dealkylation sites (tertiary alicyclic amines) is 2. The summed E-state index contributed by atoms with van der Waals surface area (Å²) in [7, 11) is 1.69. The molecule has 0 bridgehead atoms. The van der Waals surface area contributed by atoms with Gasteiger partial charge in [0.2, 0.25) is 0 Å². The molecule has 0 spiro atoms. The third-order valence-corrected chi connectivity index (χ3v) is 5.14. The lowest BCUT2D eigenvalue weighted by Crippen LogP contribution is -2.50. The van der Waals surface area contributed by atoms with Gasteiger partial charge in [0.25, 0.3) is 0 Å². The summed E-state index contributed by atoms with van der Waals surface area (Å²) in [4.78, 5) is 16.9. The Bertz CT molecular complexity index is 594. The van der Waals surface area contributed by atoms with Crippen LogP contribution in [0, 0.1) is 5.92 Å². The van der Waals surface area contributed by atoms with Gasteiger partial charge in [0.05, 0.1) is 13.2 Å². The number of nitrogens with zero attached hydrogens (tertiary/aromatic N) is 2. The topological polar surface area (TPSA) is 42.0 Å². The summed E-state index contributed by atoms with van der Waals surface area (Å²) in [5, 5.41) is 0. The highest BCUT2D eigenvalue weighted by Gasteiger charge is 2.41. The third-order valence-electron chi connectivity index (χ3n) is 5.14. The van der Waals surface area contributed by atoms with Gasteiger partial charge in [-0.2, -0.15) is 0 Å². The summed E-state index contributed by atoms with van der Waals surface area (Å²) in [6.45, 7) is 9.53. The molecule has 25 heavy (non-hydrogen) atoms. The first-order valence-electron chi connectivity index (χ1n) is 9.20. The van der Waals surface area contributed by atoms with Gasteiger partial charge in [-0.15, -0.1) is 0 Å². The molecule has 2 fully saturated rings. The molecule has 5 heteroatoms. The van der Waals surface area contributed by atoms with E-state index in [0.29, 0.717) is 5.92 Å². The number of amides is 1. The quantitative estimate of drug-likeness (QED) is 0.840. The lowest BCUT2D eigenvalue weighted by atomic mass is 9.92. The molecule has 0 saturated carbocycles. The number of rotatable bonds is 3. The second kappa shape index (κ2) is 7.24. The average molecular weight is 346 g/mol. The van der Waals surface area contributed by atoms with Crippen LogP contribution in [0.2, 0.25) is 0 Å². The second-order valence-corrected chi connectivity index (χ2v) is 8.16. The molecule has 1 aromatic rings. The Kier molecular flexibility index (Phi) is 5.23. The molecule has 0 unspecified atom stereocenters. The SMILES string of the molecule is COc1ccc(CN2CC[C@H]3CCN(C(=O)OC(C)(C)C)[C@H]3C2)cc1. The van der Waals surface area contributed by atoms with Crippen molar-refractivity contribution in [1.82, 2.24) is 9.80 Å². The standard InChI is InChI=1S/C20H30N2O3/c1-20(2,3)25-19(23)22-12-10-16-9-11-21(14-18(16)22)13-15-5-7-17(24-4)8-6-15/h5-8,16,18H,9-14H2,1-4H3/t16-,18-/m0/s1. The van der Waals surface area contributed by atoms with Crippen LogP contribution in [0.15, 0.2) is 24.3 Å². The number of carbonyl (C=O) groups is 1. The van der Waals surface area contributed by atoms with Gasteiger partial charge in [0.15, 0.2) is 0 Å². The number of ether oxygens (including phenoxy) is 2. The maximum atomic E-state index is 12.5. The molecular weight excluding hydrogens is 316 g/mol. The maximum Gasteiger partial charge on any atom is 0.410 e. The van der Waals surface area contributed by atoms with Crippen LogP contribution < -0.4 is 4.74 Å². The van der Waals surface area contributed by atoms with Crippen LogP contribution in [-0.2, 0) is 11.3 Å². The molecule has 5 nitrogen and oxygen atoms in total. The molecule has 2 aliphatic heterocycles. The highest BCUT2D eigenvalue weighted by atomic mass is 16.6. The minimum absolute atomic E-state index is 0.161. The summed E-state index contributed by atoms with van der Waals surface area (Å²) in [6.07, 6.45) is 2.09. The van der Waals surface area contributed by atoms with E-state index in [4.69, 9.17) is 9.47 Å². The van der Waals surface area contributed by atoms with E-state index in [0.717, 1.165) is 44.8 Å². The van der Waals surface area contributed by atoms with Gasteiger partial charge in [-0.1, -0.05) is 12.1 Å². The Morgan fingerprint density at radius 2 is 1.84 bits per heavy atom. The highest BCUT2D eigenvalue weighted by Crippen LogP contribution is 2.33. The van der Waals surface area contributed by atoms with Gasteiger partial charge in [0, 0.05) is 19.6 Å². The van der Waals surface area contributed by atoms with Gasteiger partial charge in [-0.05, 0) is 63.8 Å². The third kappa shape index (κ3) is 4.46. The van der Waals surface area contributed by atoms with Crippen molar-refractivity contribution in [2.75, 3.05) is 26.7 Å². The predicted octanol–water partition coefficient (Wildman–Crippen LogP) is 3.53. The van der Waals surface area contributed by atoms with Crippen LogP contribution in [0.5, 0.6) is 5.75 Å². The number of piperidine rings is 1.